The number of nitrogens with two attached hydrogens (primary N) is 1. The lowest BCUT2D eigenvalue weighted by Gasteiger charge is -2.12. The molecular formula is C25H23N3O2. The lowest BCUT2D eigenvalue weighted by atomic mass is 10.1. The SMILES string of the molecule is Cc1cc(N)c2cc(NC(=O)c3ccccc3COCc3ccccc3)ccc2n1. The van der Waals surface area contributed by atoms with Crippen molar-refractivity contribution in [1.82, 2.24) is 4.98 Å². The van der Waals surface area contributed by atoms with Crippen LogP contribution in [0, 0.1) is 6.92 Å². The summed E-state index contributed by atoms with van der Waals surface area (Å²) in [4.78, 5) is 17.4. The molecule has 1 heterocycles. The van der Waals surface area contributed by atoms with Crippen molar-refractivity contribution < 1.29 is 9.53 Å². The van der Waals surface area contributed by atoms with Crippen molar-refractivity contribution in [1.29, 1.82) is 0 Å². The molecule has 3 N–H and O–H groups in total. The summed E-state index contributed by atoms with van der Waals surface area (Å²) in [5.41, 5.74) is 11.6. The highest BCUT2D eigenvalue weighted by Gasteiger charge is 2.12. The van der Waals surface area contributed by atoms with E-state index in [0.717, 1.165) is 27.7 Å². The maximum atomic E-state index is 12.9. The molecule has 0 atom stereocenters. The van der Waals surface area contributed by atoms with Crippen molar-refractivity contribution in [3.05, 3.63) is 101 Å². The second-order valence-electron chi connectivity index (χ2n) is 7.17. The van der Waals surface area contributed by atoms with Gasteiger partial charge in [0.05, 0.1) is 18.7 Å². The van der Waals surface area contributed by atoms with Gasteiger partial charge in [0.1, 0.15) is 0 Å². The van der Waals surface area contributed by atoms with Crippen LogP contribution in [0.2, 0.25) is 0 Å². The monoisotopic (exact) mass is 397 g/mol. The maximum absolute atomic E-state index is 12.9. The number of pyridine rings is 1. The molecule has 1 aromatic heterocycles. The summed E-state index contributed by atoms with van der Waals surface area (Å²) in [6.45, 7) is 2.75. The fourth-order valence-electron chi connectivity index (χ4n) is 3.39. The number of hydrogen-bond acceptors (Lipinski definition) is 4. The fraction of sp³-hybridized carbons (Fsp3) is 0.120. The van der Waals surface area contributed by atoms with Crippen molar-refractivity contribution in [3.8, 4) is 0 Å². The summed E-state index contributed by atoms with van der Waals surface area (Å²) in [6.07, 6.45) is 0. The molecular weight excluding hydrogens is 374 g/mol. The third-order valence-corrected chi connectivity index (χ3v) is 4.86. The molecule has 0 unspecified atom stereocenters. The van der Waals surface area contributed by atoms with Gasteiger partial charge in [-0.1, -0.05) is 48.5 Å². The molecule has 0 fully saturated rings. The van der Waals surface area contributed by atoms with Crippen LogP contribution in [-0.4, -0.2) is 10.9 Å². The molecule has 3 aromatic carbocycles. The number of carbonyl (C=O) groups is 1. The molecule has 5 nitrogen and oxygen atoms in total. The zero-order valence-corrected chi connectivity index (χ0v) is 16.8. The molecule has 0 saturated carbocycles. The van der Waals surface area contributed by atoms with Gasteiger partial charge in [-0.05, 0) is 48.4 Å². The Labute approximate surface area is 175 Å². The number of benzene rings is 3. The standard InChI is InChI=1S/C25H23N3O2/c1-17-13-23(26)22-14-20(11-12-24(22)27-17)28-25(29)21-10-6-5-9-19(21)16-30-15-18-7-3-2-4-8-18/h2-14H,15-16H2,1H3,(H2,26,27)(H,28,29). The predicted octanol–water partition coefficient (Wildman–Crippen LogP) is 5.09. The highest BCUT2D eigenvalue weighted by Crippen LogP contribution is 2.24. The van der Waals surface area contributed by atoms with Gasteiger partial charge in [-0.3, -0.25) is 9.78 Å². The van der Waals surface area contributed by atoms with Gasteiger partial charge in [0.15, 0.2) is 0 Å². The lowest BCUT2D eigenvalue weighted by molar-refractivity contribution is 0.0983. The number of nitrogens with one attached hydrogen (secondary N) is 1. The van der Waals surface area contributed by atoms with Gasteiger partial charge in [-0.25, -0.2) is 0 Å². The van der Waals surface area contributed by atoms with E-state index in [-0.39, 0.29) is 5.91 Å². The second-order valence-corrected chi connectivity index (χ2v) is 7.17. The number of carbonyl (C=O) groups excluding carboxylic acids is 1. The zero-order valence-electron chi connectivity index (χ0n) is 16.8. The van der Waals surface area contributed by atoms with E-state index in [9.17, 15) is 4.79 Å². The predicted molar refractivity (Wildman–Crippen MR) is 120 cm³/mol. The van der Waals surface area contributed by atoms with Crippen LogP contribution < -0.4 is 11.1 Å². The number of nitrogens with zero attached hydrogens (tertiary/aromatic N) is 1. The molecule has 4 aromatic rings. The van der Waals surface area contributed by atoms with Crippen molar-refractivity contribution in [2.24, 2.45) is 0 Å². The van der Waals surface area contributed by atoms with Gasteiger partial charge >= 0.3 is 0 Å². The highest BCUT2D eigenvalue weighted by atomic mass is 16.5. The molecule has 0 aliphatic heterocycles. The van der Waals surface area contributed by atoms with Crippen LogP contribution in [0.25, 0.3) is 10.9 Å². The quantitative estimate of drug-likeness (QED) is 0.475. The number of fused-ring (bicyclic) bond motifs is 1. The number of amides is 1. The molecule has 1 amide bonds. The fourth-order valence-corrected chi connectivity index (χ4v) is 3.39. The van der Waals surface area contributed by atoms with E-state index in [4.69, 9.17) is 10.5 Å². The first-order chi connectivity index (χ1) is 14.6. The Hall–Kier alpha value is -3.70. The Morgan fingerprint density at radius 2 is 1.73 bits per heavy atom. The number of aromatic nitrogens is 1. The maximum Gasteiger partial charge on any atom is 0.256 e. The van der Waals surface area contributed by atoms with E-state index in [1.807, 2.05) is 79.7 Å². The van der Waals surface area contributed by atoms with Crippen LogP contribution in [0.5, 0.6) is 0 Å². The van der Waals surface area contributed by atoms with Gasteiger partial charge in [-0.15, -0.1) is 0 Å². The van der Waals surface area contributed by atoms with Crippen LogP contribution in [0.15, 0.2) is 78.9 Å². The minimum atomic E-state index is -0.188. The molecule has 150 valence electrons. The van der Waals surface area contributed by atoms with Gasteiger partial charge < -0.3 is 15.8 Å². The Bertz CT molecular complexity index is 1190. The Balaban J connectivity index is 1.49. The molecule has 5 heteroatoms. The minimum absolute atomic E-state index is 0.188. The van der Waals surface area contributed by atoms with Gasteiger partial charge in [-0.2, -0.15) is 0 Å². The smallest absolute Gasteiger partial charge is 0.256 e. The van der Waals surface area contributed by atoms with E-state index in [1.165, 1.54) is 0 Å². The average Bonchev–Trinajstić information content (AvgIpc) is 2.75. The van der Waals surface area contributed by atoms with Crippen molar-refractivity contribution >= 4 is 28.2 Å². The number of hydrogen-bond donors (Lipinski definition) is 2. The zero-order chi connectivity index (χ0) is 20.9. The Morgan fingerprint density at radius 1 is 0.967 bits per heavy atom. The van der Waals surface area contributed by atoms with Gasteiger partial charge in [0.2, 0.25) is 0 Å². The van der Waals surface area contributed by atoms with E-state index in [1.54, 1.807) is 6.07 Å². The number of rotatable bonds is 6. The Kier molecular flexibility index (Phi) is 5.72. The molecule has 0 bridgehead atoms. The summed E-state index contributed by atoms with van der Waals surface area (Å²) in [6, 6.07) is 24.8. The normalized spacial score (nSPS) is 10.8. The molecule has 30 heavy (non-hydrogen) atoms. The molecule has 0 saturated heterocycles. The topological polar surface area (TPSA) is 77.2 Å². The molecule has 0 spiro atoms. The number of aryl methyl sites for hydroxylation is 1. The summed E-state index contributed by atoms with van der Waals surface area (Å²) in [5, 5.41) is 3.78. The lowest BCUT2D eigenvalue weighted by Crippen LogP contribution is -2.14. The largest absolute Gasteiger partial charge is 0.398 e. The van der Waals surface area contributed by atoms with Crippen LogP contribution in [0.4, 0.5) is 11.4 Å². The minimum Gasteiger partial charge on any atom is -0.398 e. The summed E-state index contributed by atoms with van der Waals surface area (Å²) in [7, 11) is 0. The van der Waals surface area contributed by atoms with E-state index in [0.29, 0.717) is 30.2 Å². The first kappa shape index (κ1) is 19.6. The summed E-state index contributed by atoms with van der Waals surface area (Å²) >= 11 is 0. The number of anilines is 2. The van der Waals surface area contributed by atoms with E-state index < -0.39 is 0 Å². The van der Waals surface area contributed by atoms with Crippen LogP contribution >= 0.6 is 0 Å². The van der Waals surface area contributed by atoms with Crippen LogP contribution in [0.1, 0.15) is 27.2 Å². The molecule has 4 rings (SSSR count). The summed E-state index contributed by atoms with van der Waals surface area (Å²) < 4.78 is 5.83. The van der Waals surface area contributed by atoms with Gasteiger partial charge in [0.25, 0.3) is 5.91 Å². The third-order valence-electron chi connectivity index (χ3n) is 4.86. The molecule has 0 aliphatic rings. The summed E-state index contributed by atoms with van der Waals surface area (Å²) in [5.74, 6) is -0.188. The number of nitrogen functional groups attached to an aromatic ring is 1. The van der Waals surface area contributed by atoms with Crippen molar-refractivity contribution in [2.45, 2.75) is 20.1 Å². The molecule has 0 aliphatic carbocycles. The van der Waals surface area contributed by atoms with E-state index in [2.05, 4.69) is 10.3 Å². The first-order valence-electron chi connectivity index (χ1n) is 9.78. The highest BCUT2D eigenvalue weighted by molar-refractivity contribution is 6.06. The van der Waals surface area contributed by atoms with Gasteiger partial charge in [0, 0.05) is 28.0 Å². The Morgan fingerprint density at radius 3 is 2.57 bits per heavy atom. The van der Waals surface area contributed by atoms with Crippen molar-refractivity contribution in [2.75, 3.05) is 11.1 Å². The van der Waals surface area contributed by atoms with Crippen LogP contribution in [-0.2, 0) is 18.0 Å². The van der Waals surface area contributed by atoms with Crippen molar-refractivity contribution in [3.63, 3.8) is 0 Å². The average molecular weight is 397 g/mol. The first-order valence-corrected chi connectivity index (χ1v) is 9.78. The third kappa shape index (κ3) is 4.47. The van der Waals surface area contributed by atoms with Crippen LogP contribution in [0.3, 0.4) is 0 Å². The number of ether oxygens (including phenoxy) is 1. The second kappa shape index (κ2) is 8.76. The molecule has 0 radical (unpaired) electrons. The van der Waals surface area contributed by atoms with E-state index >= 15 is 0 Å².